The summed E-state index contributed by atoms with van der Waals surface area (Å²) in [5.41, 5.74) is 2.97. The zero-order chi connectivity index (χ0) is 23.6. The van der Waals surface area contributed by atoms with Crippen LogP contribution < -0.4 is 4.74 Å². The van der Waals surface area contributed by atoms with E-state index >= 15 is 0 Å². The van der Waals surface area contributed by atoms with Crippen LogP contribution in [0.3, 0.4) is 0 Å². The van der Waals surface area contributed by atoms with E-state index < -0.39 is 18.1 Å². The van der Waals surface area contributed by atoms with E-state index in [4.69, 9.17) is 26.2 Å². The molecule has 0 spiro atoms. The Morgan fingerprint density at radius 1 is 1.29 bits per heavy atom. The number of alkyl halides is 4. The van der Waals surface area contributed by atoms with Gasteiger partial charge in [-0.15, -0.1) is 11.6 Å². The van der Waals surface area contributed by atoms with Gasteiger partial charge in [0.1, 0.15) is 5.75 Å². The predicted octanol–water partition coefficient (Wildman–Crippen LogP) is 4.56. The van der Waals surface area contributed by atoms with Crippen molar-refractivity contribution in [3.63, 3.8) is 0 Å². The van der Waals surface area contributed by atoms with Crippen molar-refractivity contribution < 1.29 is 37.7 Å². The number of hydrogen-bond donors (Lipinski definition) is 2. The van der Waals surface area contributed by atoms with E-state index in [0.717, 1.165) is 23.4 Å². The summed E-state index contributed by atoms with van der Waals surface area (Å²) in [4.78, 5) is 24.5. The lowest BCUT2D eigenvalue weighted by Gasteiger charge is -2.10. The third-order valence-corrected chi connectivity index (χ3v) is 4.19. The number of nitrogens with zero attached hydrogens (tertiary/aromatic N) is 2. The number of rotatable bonds is 8. The van der Waals surface area contributed by atoms with Crippen LogP contribution in [0.1, 0.15) is 31.0 Å². The fourth-order valence-electron chi connectivity index (χ4n) is 2.37. The van der Waals surface area contributed by atoms with Gasteiger partial charge in [0, 0.05) is 17.6 Å². The molecule has 7 nitrogen and oxygen atoms in total. The van der Waals surface area contributed by atoms with E-state index in [9.17, 15) is 23.1 Å². The minimum Gasteiger partial charge on any atom is -0.495 e. The van der Waals surface area contributed by atoms with E-state index in [0.29, 0.717) is 30.0 Å². The number of imidazole rings is 1. The fourth-order valence-corrected chi connectivity index (χ4v) is 2.51. The molecule has 0 saturated carbocycles. The third kappa shape index (κ3) is 8.33. The Labute approximate surface area is 181 Å². The van der Waals surface area contributed by atoms with Gasteiger partial charge in [-0.1, -0.05) is 13.0 Å². The van der Waals surface area contributed by atoms with Crippen molar-refractivity contribution in [1.29, 1.82) is 0 Å². The summed E-state index contributed by atoms with van der Waals surface area (Å²) in [6, 6.07) is 5.59. The van der Waals surface area contributed by atoms with Crippen LogP contribution in [0.4, 0.5) is 13.2 Å². The molecule has 0 fully saturated rings. The number of aromatic nitrogens is 2. The van der Waals surface area contributed by atoms with Crippen LogP contribution in [0, 0.1) is 0 Å². The molecule has 2 aromatic rings. The van der Waals surface area contributed by atoms with Crippen LogP contribution in [0.2, 0.25) is 0 Å². The van der Waals surface area contributed by atoms with Gasteiger partial charge >= 0.3 is 18.1 Å². The molecule has 0 aliphatic heterocycles. The number of benzene rings is 1. The van der Waals surface area contributed by atoms with Crippen LogP contribution in [0.15, 0.2) is 36.3 Å². The average Bonchev–Trinajstić information content (AvgIpc) is 3.19. The monoisotopic (exact) mass is 462 g/mol. The highest BCUT2D eigenvalue weighted by Crippen LogP contribution is 2.26. The smallest absolute Gasteiger partial charge is 0.490 e. The zero-order valence-electron chi connectivity index (χ0n) is 16.8. The molecular weight excluding hydrogens is 441 g/mol. The lowest BCUT2D eigenvalue weighted by molar-refractivity contribution is -0.192. The van der Waals surface area contributed by atoms with Crippen molar-refractivity contribution in [2.45, 2.75) is 32.4 Å². The summed E-state index contributed by atoms with van der Waals surface area (Å²) in [7, 11) is 1.59. The normalized spacial score (nSPS) is 11.5. The van der Waals surface area contributed by atoms with Crippen molar-refractivity contribution in [1.82, 2.24) is 9.55 Å². The SMILES string of the molecule is CCc1cn(-c2ccc(C=C(CCCCl)C(=O)O)cc2OC)cn1.O=C(O)C(F)(F)F. The Morgan fingerprint density at radius 3 is 2.39 bits per heavy atom. The molecule has 1 aromatic carbocycles. The minimum absolute atomic E-state index is 0.335. The van der Waals surface area contributed by atoms with Crippen molar-refractivity contribution in [2.24, 2.45) is 0 Å². The van der Waals surface area contributed by atoms with Gasteiger partial charge in [0.05, 0.1) is 24.8 Å². The van der Waals surface area contributed by atoms with Crippen LogP contribution in [0.5, 0.6) is 5.75 Å². The number of carboxylic acid groups (broad SMARTS) is 2. The van der Waals surface area contributed by atoms with Gasteiger partial charge in [0.25, 0.3) is 0 Å². The number of carboxylic acids is 2. The molecular formula is C20H22ClF3N2O5. The van der Waals surface area contributed by atoms with Gasteiger partial charge in [0.15, 0.2) is 0 Å². The maximum atomic E-state index is 11.3. The quantitative estimate of drug-likeness (QED) is 0.440. The molecule has 0 unspecified atom stereocenters. The molecule has 1 aromatic heterocycles. The van der Waals surface area contributed by atoms with Gasteiger partial charge in [0.2, 0.25) is 0 Å². The maximum absolute atomic E-state index is 11.3. The third-order valence-electron chi connectivity index (χ3n) is 3.92. The highest BCUT2D eigenvalue weighted by molar-refractivity contribution is 6.17. The number of hydrogen-bond acceptors (Lipinski definition) is 4. The lowest BCUT2D eigenvalue weighted by atomic mass is 10.1. The molecule has 170 valence electrons. The topological polar surface area (TPSA) is 102 Å². The molecule has 0 saturated heterocycles. The molecule has 0 aliphatic rings. The second-order valence-electron chi connectivity index (χ2n) is 6.13. The highest BCUT2D eigenvalue weighted by Gasteiger charge is 2.38. The predicted molar refractivity (Wildman–Crippen MR) is 109 cm³/mol. The van der Waals surface area contributed by atoms with Gasteiger partial charge in [-0.05, 0) is 43.0 Å². The van der Waals surface area contributed by atoms with E-state index in [1.807, 2.05) is 35.9 Å². The largest absolute Gasteiger partial charge is 0.495 e. The average molecular weight is 463 g/mol. The first-order valence-electron chi connectivity index (χ1n) is 9.04. The fraction of sp³-hybridized carbons (Fsp3) is 0.350. The zero-order valence-corrected chi connectivity index (χ0v) is 17.6. The summed E-state index contributed by atoms with van der Waals surface area (Å²) >= 11 is 5.65. The van der Waals surface area contributed by atoms with Crippen molar-refractivity contribution in [3.05, 3.63) is 47.6 Å². The number of methoxy groups -OCH3 is 1. The molecule has 0 atom stereocenters. The van der Waals surface area contributed by atoms with Crippen molar-refractivity contribution in [2.75, 3.05) is 13.0 Å². The van der Waals surface area contributed by atoms with Gasteiger partial charge in [-0.2, -0.15) is 13.2 Å². The minimum atomic E-state index is -5.08. The van der Waals surface area contributed by atoms with E-state index in [-0.39, 0.29) is 0 Å². The van der Waals surface area contributed by atoms with Gasteiger partial charge in [-0.25, -0.2) is 14.6 Å². The number of ether oxygens (including phenoxy) is 1. The molecule has 11 heteroatoms. The number of aryl methyl sites for hydroxylation is 1. The van der Waals surface area contributed by atoms with Crippen molar-refractivity contribution in [3.8, 4) is 11.4 Å². The summed E-state index contributed by atoms with van der Waals surface area (Å²) < 4.78 is 39.1. The lowest BCUT2D eigenvalue weighted by Crippen LogP contribution is -2.21. The number of aliphatic carboxylic acids is 2. The summed E-state index contributed by atoms with van der Waals surface area (Å²) in [6.07, 6.45) is 2.20. The van der Waals surface area contributed by atoms with Crippen LogP contribution in [-0.2, 0) is 16.0 Å². The molecule has 0 aliphatic carbocycles. The van der Waals surface area contributed by atoms with E-state index in [1.54, 1.807) is 19.5 Å². The molecule has 0 radical (unpaired) electrons. The molecule has 31 heavy (non-hydrogen) atoms. The first-order valence-corrected chi connectivity index (χ1v) is 9.58. The number of carbonyl (C=O) groups is 2. The first kappa shape index (κ1) is 26.0. The summed E-state index contributed by atoms with van der Waals surface area (Å²) in [5, 5.41) is 16.4. The Morgan fingerprint density at radius 2 is 1.94 bits per heavy atom. The summed E-state index contributed by atoms with van der Waals surface area (Å²) in [5.74, 6) is -2.59. The van der Waals surface area contributed by atoms with Gasteiger partial charge < -0.3 is 19.5 Å². The van der Waals surface area contributed by atoms with Crippen LogP contribution >= 0.6 is 11.6 Å². The summed E-state index contributed by atoms with van der Waals surface area (Å²) in [6.45, 7) is 2.05. The highest BCUT2D eigenvalue weighted by atomic mass is 35.5. The van der Waals surface area contributed by atoms with Gasteiger partial charge in [-0.3, -0.25) is 0 Å². The van der Waals surface area contributed by atoms with Crippen molar-refractivity contribution >= 4 is 29.6 Å². The first-order chi connectivity index (χ1) is 14.5. The Kier molecular flexibility index (Phi) is 10.1. The second-order valence-corrected chi connectivity index (χ2v) is 6.51. The molecule has 2 rings (SSSR count). The number of halogens is 4. The molecule has 0 amide bonds. The Balaban J connectivity index is 0.000000592. The van der Waals surface area contributed by atoms with E-state index in [1.165, 1.54) is 0 Å². The Hall–Kier alpha value is -3.01. The second kappa shape index (κ2) is 12.0. The maximum Gasteiger partial charge on any atom is 0.490 e. The molecule has 0 bridgehead atoms. The Bertz CT molecular complexity index is 926. The van der Waals surface area contributed by atoms with Crippen LogP contribution in [0.25, 0.3) is 11.8 Å². The standard InChI is InChI=1S/C18H21ClN2O3.C2HF3O2/c1-3-15-11-21(12-20-15)16-7-6-13(10-17(16)24-2)9-14(18(22)23)5-4-8-19;3-2(4,5)1(6)7/h6-7,9-12H,3-5,8H2,1-2H3,(H,22,23);(H,6,7). The molecule has 2 N–H and O–H groups in total. The molecule has 1 heterocycles. The van der Waals surface area contributed by atoms with E-state index in [2.05, 4.69) is 4.98 Å². The van der Waals surface area contributed by atoms with Crippen LogP contribution in [-0.4, -0.2) is 50.9 Å².